The molecule has 0 aromatic heterocycles. The Bertz CT molecular complexity index is 1460. The first-order chi connectivity index (χ1) is 21.5. The molecule has 0 aromatic carbocycles. The van der Waals surface area contributed by atoms with Gasteiger partial charge in [0.2, 0.25) is 5.41 Å². The Morgan fingerprint density at radius 3 is 1.20 bits per heavy atom. The van der Waals surface area contributed by atoms with E-state index in [4.69, 9.17) is 0 Å². The van der Waals surface area contributed by atoms with Gasteiger partial charge in [-0.1, -0.05) is 0 Å². The number of cyclic esters (lactones) is 1. The van der Waals surface area contributed by atoms with Crippen molar-refractivity contribution in [2.24, 2.45) is 5.41 Å². The minimum atomic E-state index is -9.37. The van der Waals surface area contributed by atoms with E-state index in [1.54, 1.807) is 0 Å². The van der Waals surface area contributed by atoms with Crippen LogP contribution in [-0.4, -0.2) is 109 Å². The SMILES string of the molecule is COC(=O)C1(C(F)(F)C(F)(F)C(F)(F)C(F)(F)C(F)(F)C(F)F)CC(=O)OC1(C(F)(F)C(F)(F)C(F)(F)C(F)(F)C(F)(F)C(F)F)S(=O)(=O)O. The number of carbonyl (C=O) groups excluding carboxylic acids is 2. The van der Waals surface area contributed by atoms with Crippen LogP contribution in [0.25, 0.3) is 0 Å². The summed E-state index contributed by atoms with van der Waals surface area (Å²) in [4.78, 5) is 15.9. The Hall–Kier alpha value is -2.83. The Kier molecular flexibility index (Phi) is 10.5. The normalized spacial score (nSPS) is 23.1. The molecule has 1 heterocycles. The number of hydrogen-bond donors (Lipinski definition) is 1. The van der Waals surface area contributed by atoms with Crippen LogP contribution >= 0.6 is 0 Å². The summed E-state index contributed by atoms with van der Waals surface area (Å²) in [5.41, 5.74) is -7.65. The van der Waals surface area contributed by atoms with Crippen LogP contribution in [0, 0.1) is 5.41 Å². The van der Waals surface area contributed by atoms with Crippen LogP contribution in [0.5, 0.6) is 0 Å². The second kappa shape index (κ2) is 11.6. The van der Waals surface area contributed by atoms with Crippen molar-refractivity contribution < 1.29 is 137 Å². The minimum Gasteiger partial charge on any atom is -0.468 e. The molecular formula is C18H8F24O7S. The number of esters is 2. The van der Waals surface area contributed by atoms with Crippen LogP contribution in [0.2, 0.25) is 0 Å². The number of ether oxygens (including phenoxy) is 2. The van der Waals surface area contributed by atoms with Crippen LogP contribution < -0.4 is 0 Å². The maximum atomic E-state index is 15.5. The van der Waals surface area contributed by atoms with E-state index in [0.29, 0.717) is 0 Å². The van der Waals surface area contributed by atoms with Gasteiger partial charge in [0.25, 0.3) is 0 Å². The largest absolute Gasteiger partial charge is 0.468 e. The third-order valence-corrected chi connectivity index (χ3v) is 8.24. The lowest BCUT2D eigenvalue weighted by atomic mass is 9.67. The molecule has 1 fully saturated rings. The fraction of sp³-hybridized carbons (Fsp3) is 0.889. The zero-order valence-corrected chi connectivity index (χ0v) is 23.1. The van der Waals surface area contributed by atoms with Crippen molar-refractivity contribution in [2.75, 3.05) is 7.11 Å². The van der Waals surface area contributed by atoms with Gasteiger partial charge in [0, 0.05) is 0 Å². The lowest BCUT2D eigenvalue weighted by Crippen LogP contribution is -2.82. The predicted octanol–water partition coefficient (Wildman–Crippen LogP) is 6.56. The first-order valence-electron chi connectivity index (χ1n) is 11.1. The van der Waals surface area contributed by atoms with Gasteiger partial charge in [-0.25, -0.2) is 17.6 Å². The zero-order chi connectivity index (χ0) is 40.9. The number of alkyl halides is 24. The van der Waals surface area contributed by atoms with Crippen LogP contribution in [0.4, 0.5) is 105 Å². The number of methoxy groups -OCH3 is 1. The van der Waals surface area contributed by atoms with Crippen molar-refractivity contribution in [3.8, 4) is 0 Å². The lowest BCUT2D eigenvalue weighted by molar-refractivity contribution is -0.442. The molecule has 296 valence electrons. The molecule has 7 nitrogen and oxygen atoms in total. The van der Waals surface area contributed by atoms with Crippen molar-refractivity contribution in [3.63, 3.8) is 0 Å². The molecule has 2 atom stereocenters. The fourth-order valence-electron chi connectivity index (χ4n) is 4.17. The fourth-order valence-corrected chi connectivity index (χ4v) is 5.54. The highest BCUT2D eigenvalue weighted by molar-refractivity contribution is 7.87. The van der Waals surface area contributed by atoms with E-state index in [1.165, 1.54) is 0 Å². The molecule has 0 spiro atoms. The first kappa shape index (κ1) is 45.2. The molecule has 1 aliphatic heterocycles. The number of rotatable bonds is 14. The van der Waals surface area contributed by atoms with Gasteiger partial charge in [0.1, 0.15) is 0 Å². The van der Waals surface area contributed by atoms with Crippen LogP contribution in [0.15, 0.2) is 0 Å². The number of hydrogen-bond acceptors (Lipinski definition) is 6. The lowest BCUT2D eigenvalue weighted by Gasteiger charge is -2.51. The van der Waals surface area contributed by atoms with E-state index in [-0.39, 0.29) is 0 Å². The molecule has 1 N–H and O–H groups in total. The molecule has 32 heteroatoms. The van der Waals surface area contributed by atoms with Gasteiger partial charge in [-0.05, 0) is 0 Å². The average Bonchev–Trinajstić information content (AvgIpc) is 3.27. The van der Waals surface area contributed by atoms with Crippen molar-refractivity contribution in [3.05, 3.63) is 0 Å². The highest BCUT2D eigenvalue weighted by Gasteiger charge is 3.03. The monoisotopic (exact) mass is 824 g/mol. The van der Waals surface area contributed by atoms with Crippen molar-refractivity contribution in [2.45, 2.75) is 83.4 Å². The molecule has 0 aromatic rings. The van der Waals surface area contributed by atoms with E-state index in [0.717, 1.165) is 0 Å². The van der Waals surface area contributed by atoms with Gasteiger partial charge in [-0.3, -0.25) is 14.1 Å². The van der Waals surface area contributed by atoms with Crippen LogP contribution in [0.1, 0.15) is 6.42 Å². The Balaban J connectivity index is 4.71. The number of halogens is 24. The molecule has 0 amide bonds. The first-order valence-corrected chi connectivity index (χ1v) is 12.5. The van der Waals surface area contributed by atoms with E-state index in [9.17, 15) is 110 Å². The van der Waals surface area contributed by atoms with Gasteiger partial charge in [0.05, 0.1) is 13.5 Å². The van der Waals surface area contributed by atoms with E-state index < -0.39 is 118 Å². The summed E-state index contributed by atoms with van der Waals surface area (Å²) in [6.45, 7) is 0. The molecule has 1 rings (SSSR count). The summed E-state index contributed by atoms with van der Waals surface area (Å²) < 4.78 is 374. The maximum absolute atomic E-state index is 15.5. The topological polar surface area (TPSA) is 107 Å². The Morgan fingerprint density at radius 2 is 0.940 bits per heavy atom. The average molecular weight is 824 g/mol. The predicted molar refractivity (Wildman–Crippen MR) is 101 cm³/mol. The molecule has 1 aliphatic rings. The second-order valence-electron chi connectivity index (χ2n) is 9.58. The van der Waals surface area contributed by atoms with Crippen molar-refractivity contribution >= 4 is 22.1 Å². The molecule has 0 saturated carbocycles. The summed E-state index contributed by atoms with van der Waals surface area (Å²) >= 11 is 0. The van der Waals surface area contributed by atoms with Gasteiger partial charge in [-0.15, -0.1) is 0 Å². The smallest absolute Gasteiger partial charge is 0.384 e. The number of carbonyl (C=O) groups is 2. The van der Waals surface area contributed by atoms with E-state index >= 15 is 17.6 Å². The summed E-state index contributed by atoms with van der Waals surface area (Å²) in [7, 11) is -9.82. The van der Waals surface area contributed by atoms with Crippen LogP contribution in [0.3, 0.4) is 0 Å². The molecule has 2 unspecified atom stereocenters. The van der Waals surface area contributed by atoms with Gasteiger partial charge >= 0.3 is 99.1 Å². The summed E-state index contributed by atoms with van der Waals surface area (Å²) in [6.07, 6.45) is -16.9. The highest BCUT2D eigenvalue weighted by Crippen LogP contribution is 2.72. The standard InChI is InChI=1S/C18H8F24O7S/c1-48-6(44)7(10(27,28)13(33,34)14(35,36)11(29,30)8(23,24)4(19)20)2-3(43)49-18(7,50(45,46)47)17(41,42)16(39,40)15(37,38)12(31,32)9(25,26)5(21)22/h4-5H,2H2,1H3,(H,45,46,47). The zero-order valence-electron chi connectivity index (χ0n) is 22.2. The van der Waals surface area contributed by atoms with Crippen molar-refractivity contribution in [1.29, 1.82) is 0 Å². The molecule has 50 heavy (non-hydrogen) atoms. The Labute approximate surface area is 256 Å². The third-order valence-electron chi connectivity index (χ3n) is 6.83. The van der Waals surface area contributed by atoms with E-state index in [2.05, 4.69) is 9.47 Å². The quantitative estimate of drug-likeness (QED) is 0.120. The minimum absolute atomic E-state index is 0.796. The second-order valence-corrected chi connectivity index (χ2v) is 11.1. The molecular weight excluding hydrogens is 816 g/mol. The molecule has 1 saturated heterocycles. The highest BCUT2D eigenvalue weighted by atomic mass is 32.2. The summed E-state index contributed by atoms with van der Waals surface area (Å²) in [5, 5.41) is 0. The van der Waals surface area contributed by atoms with Gasteiger partial charge in [-0.2, -0.15) is 96.2 Å². The third kappa shape index (κ3) is 4.82. The van der Waals surface area contributed by atoms with E-state index in [1.807, 2.05) is 0 Å². The maximum Gasteiger partial charge on any atom is 0.384 e. The van der Waals surface area contributed by atoms with Crippen molar-refractivity contribution in [1.82, 2.24) is 0 Å². The Morgan fingerprint density at radius 1 is 0.640 bits per heavy atom. The van der Waals surface area contributed by atoms with Gasteiger partial charge in [0.15, 0.2) is 0 Å². The van der Waals surface area contributed by atoms with Crippen LogP contribution in [-0.2, 0) is 29.2 Å². The molecule has 0 radical (unpaired) electrons. The summed E-state index contributed by atoms with van der Waals surface area (Å²) in [5.74, 6) is -97.2. The summed E-state index contributed by atoms with van der Waals surface area (Å²) in [6, 6.07) is 0. The molecule has 0 bridgehead atoms. The molecule has 0 aliphatic carbocycles. The van der Waals surface area contributed by atoms with Gasteiger partial charge < -0.3 is 9.47 Å².